The van der Waals surface area contributed by atoms with Crippen molar-refractivity contribution in [2.24, 2.45) is 5.92 Å². The van der Waals surface area contributed by atoms with Gasteiger partial charge in [-0.25, -0.2) is 0 Å². The van der Waals surface area contributed by atoms with Crippen LogP contribution in [0.1, 0.15) is 24.3 Å². The Balaban J connectivity index is 1.54. The molecule has 98 valence electrons. The van der Waals surface area contributed by atoms with E-state index in [-0.39, 0.29) is 6.10 Å². The molecule has 1 saturated carbocycles. The third-order valence-electron chi connectivity index (χ3n) is 4.11. The molecule has 1 aliphatic carbocycles. The van der Waals surface area contributed by atoms with E-state index in [1.807, 2.05) is 11.8 Å². The van der Waals surface area contributed by atoms with E-state index in [1.165, 1.54) is 16.2 Å². The van der Waals surface area contributed by atoms with E-state index in [0.29, 0.717) is 11.8 Å². The number of thioether (sulfide) groups is 1. The smallest absolute Gasteiger partial charge is 0.0546 e. The first kappa shape index (κ1) is 12.5. The minimum atomic E-state index is -0.0221. The minimum Gasteiger partial charge on any atom is -0.393 e. The van der Waals surface area contributed by atoms with Crippen molar-refractivity contribution in [3.63, 3.8) is 0 Å². The fourth-order valence-electron chi connectivity index (χ4n) is 3.12. The normalized spacial score (nSPS) is 30.3. The van der Waals surface area contributed by atoms with E-state index in [4.69, 9.17) is 0 Å². The van der Waals surface area contributed by atoms with Crippen molar-refractivity contribution in [2.45, 2.75) is 29.8 Å². The van der Waals surface area contributed by atoms with Gasteiger partial charge in [-0.15, -0.1) is 11.8 Å². The average molecular weight is 263 g/mol. The van der Waals surface area contributed by atoms with Crippen LogP contribution in [-0.2, 0) is 0 Å². The SMILES string of the molecule is CN(CC1CC(O)C1)CC1CSc2ccccc21. The predicted molar refractivity (Wildman–Crippen MR) is 76.1 cm³/mol. The van der Waals surface area contributed by atoms with Gasteiger partial charge in [0.2, 0.25) is 0 Å². The molecule has 3 rings (SSSR count). The Morgan fingerprint density at radius 2 is 2.06 bits per heavy atom. The van der Waals surface area contributed by atoms with Crippen LogP contribution in [0.4, 0.5) is 0 Å². The second-order valence-corrected chi connectivity index (χ2v) is 6.82. The van der Waals surface area contributed by atoms with Crippen LogP contribution >= 0.6 is 11.8 Å². The lowest BCUT2D eigenvalue weighted by Gasteiger charge is -2.35. The summed E-state index contributed by atoms with van der Waals surface area (Å²) in [5.41, 5.74) is 1.53. The maximum absolute atomic E-state index is 9.32. The first-order chi connectivity index (χ1) is 8.72. The van der Waals surface area contributed by atoms with Crippen molar-refractivity contribution in [2.75, 3.05) is 25.9 Å². The fraction of sp³-hybridized carbons (Fsp3) is 0.600. The van der Waals surface area contributed by atoms with Gasteiger partial charge in [0, 0.05) is 29.7 Å². The molecule has 0 aromatic heterocycles. The molecule has 1 unspecified atom stereocenters. The van der Waals surface area contributed by atoms with Gasteiger partial charge in [-0.2, -0.15) is 0 Å². The van der Waals surface area contributed by atoms with Crippen LogP contribution in [-0.4, -0.2) is 42.0 Å². The van der Waals surface area contributed by atoms with Gasteiger partial charge in [0.05, 0.1) is 6.10 Å². The molecule has 0 radical (unpaired) electrons. The van der Waals surface area contributed by atoms with Crippen molar-refractivity contribution in [3.8, 4) is 0 Å². The molecule has 1 aromatic carbocycles. The predicted octanol–water partition coefficient (Wildman–Crippen LogP) is 2.58. The van der Waals surface area contributed by atoms with Crippen LogP contribution in [0.25, 0.3) is 0 Å². The number of likely N-dealkylation sites (N-methyl/N-ethyl adjacent to an activating group) is 1. The summed E-state index contributed by atoms with van der Waals surface area (Å²) in [7, 11) is 2.22. The number of fused-ring (bicyclic) bond motifs is 1. The van der Waals surface area contributed by atoms with E-state index >= 15 is 0 Å². The molecule has 1 aromatic rings. The van der Waals surface area contributed by atoms with Crippen molar-refractivity contribution >= 4 is 11.8 Å². The molecule has 2 aliphatic rings. The number of hydrogen-bond acceptors (Lipinski definition) is 3. The molecular weight excluding hydrogens is 242 g/mol. The monoisotopic (exact) mass is 263 g/mol. The number of rotatable bonds is 4. The van der Waals surface area contributed by atoms with E-state index in [2.05, 4.69) is 36.2 Å². The van der Waals surface area contributed by atoms with Crippen LogP contribution in [0.3, 0.4) is 0 Å². The van der Waals surface area contributed by atoms with E-state index in [9.17, 15) is 5.11 Å². The summed E-state index contributed by atoms with van der Waals surface area (Å²) in [6.07, 6.45) is 1.98. The fourth-order valence-corrected chi connectivity index (χ4v) is 4.36. The Hall–Kier alpha value is -0.510. The lowest BCUT2D eigenvalue weighted by atomic mass is 9.82. The molecule has 1 atom stereocenters. The Morgan fingerprint density at radius 3 is 2.83 bits per heavy atom. The first-order valence-corrected chi connectivity index (χ1v) is 7.79. The molecule has 0 bridgehead atoms. The quantitative estimate of drug-likeness (QED) is 0.903. The summed E-state index contributed by atoms with van der Waals surface area (Å²) in [5, 5.41) is 9.32. The average Bonchev–Trinajstić information content (AvgIpc) is 2.71. The van der Waals surface area contributed by atoms with Gasteiger partial charge in [-0.05, 0) is 37.4 Å². The highest BCUT2D eigenvalue weighted by atomic mass is 32.2. The van der Waals surface area contributed by atoms with Gasteiger partial charge in [-0.3, -0.25) is 0 Å². The molecule has 1 N–H and O–H groups in total. The van der Waals surface area contributed by atoms with Crippen molar-refractivity contribution < 1.29 is 5.11 Å². The van der Waals surface area contributed by atoms with Gasteiger partial charge >= 0.3 is 0 Å². The van der Waals surface area contributed by atoms with Gasteiger partial charge in [-0.1, -0.05) is 18.2 Å². The molecule has 3 heteroatoms. The number of nitrogens with zero attached hydrogens (tertiary/aromatic N) is 1. The first-order valence-electron chi connectivity index (χ1n) is 6.80. The highest BCUT2D eigenvalue weighted by molar-refractivity contribution is 7.99. The lowest BCUT2D eigenvalue weighted by Crippen LogP contribution is -2.38. The zero-order valence-electron chi connectivity index (χ0n) is 10.9. The number of aliphatic hydroxyl groups is 1. The number of aliphatic hydroxyl groups excluding tert-OH is 1. The van der Waals surface area contributed by atoms with Crippen molar-refractivity contribution in [1.82, 2.24) is 4.90 Å². The van der Waals surface area contributed by atoms with E-state index in [0.717, 1.165) is 25.9 Å². The van der Waals surface area contributed by atoms with Crippen molar-refractivity contribution in [3.05, 3.63) is 29.8 Å². The largest absolute Gasteiger partial charge is 0.393 e. The Bertz CT molecular complexity index is 417. The molecule has 2 nitrogen and oxygen atoms in total. The molecule has 18 heavy (non-hydrogen) atoms. The Morgan fingerprint density at radius 1 is 1.28 bits per heavy atom. The summed E-state index contributed by atoms with van der Waals surface area (Å²) in [6, 6.07) is 8.80. The molecule has 0 amide bonds. The van der Waals surface area contributed by atoms with Crippen LogP contribution in [0.2, 0.25) is 0 Å². The van der Waals surface area contributed by atoms with Crippen LogP contribution in [0, 0.1) is 5.92 Å². The summed E-state index contributed by atoms with van der Waals surface area (Å²) < 4.78 is 0. The van der Waals surface area contributed by atoms with Gasteiger partial charge in [0.25, 0.3) is 0 Å². The standard InChI is InChI=1S/C15H21NOS/c1-16(8-11-6-13(17)7-11)9-12-10-18-15-5-3-2-4-14(12)15/h2-5,11-13,17H,6-10H2,1H3. The number of hydrogen-bond donors (Lipinski definition) is 1. The topological polar surface area (TPSA) is 23.5 Å². The Labute approximate surface area is 113 Å². The van der Waals surface area contributed by atoms with Gasteiger partial charge in [0.15, 0.2) is 0 Å². The van der Waals surface area contributed by atoms with E-state index in [1.54, 1.807) is 0 Å². The van der Waals surface area contributed by atoms with Gasteiger partial charge < -0.3 is 10.0 Å². The highest BCUT2D eigenvalue weighted by Gasteiger charge is 2.29. The number of benzene rings is 1. The zero-order chi connectivity index (χ0) is 12.5. The molecule has 0 spiro atoms. The van der Waals surface area contributed by atoms with Crippen LogP contribution in [0.15, 0.2) is 29.2 Å². The summed E-state index contributed by atoms with van der Waals surface area (Å²) >= 11 is 1.99. The van der Waals surface area contributed by atoms with Gasteiger partial charge in [0.1, 0.15) is 0 Å². The molecule has 0 saturated heterocycles. The molecular formula is C15H21NOS. The molecule has 1 fully saturated rings. The maximum Gasteiger partial charge on any atom is 0.0546 e. The molecule has 1 heterocycles. The maximum atomic E-state index is 9.32. The third kappa shape index (κ3) is 2.58. The molecule has 1 aliphatic heterocycles. The van der Waals surface area contributed by atoms with Crippen molar-refractivity contribution in [1.29, 1.82) is 0 Å². The van der Waals surface area contributed by atoms with E-state index < -0.39 is 0 Å². The zero-order valence-corrected chi connectivity index (χ0v) is 11.7. The highest BCUT2D eigenvalue weighted by Crippen LogP contribution is 2.39. The second-order valence-electron chi connectivity index (χ2n) is 5.76. The van der Waals surface area contributed by atoms with Crippen LogP contribution < -0.4 is 0 Å². The third-order valence-corrected chi connectivity index (χ3v) is 5.36. The second kappa shape index (κ2) is 5.24. The summed E-state index contributed by atoms with van der Waals surface area (Å²) in [5.74, 6) is 2.62. The Kier molecular flexibility index (Phi) is 3.64. The summed E-state index contributed by atoms with van der Waals surface area (Å²) in [6.45, 7) is 2.29. The summed E-state index contributed by atoms with van der Waals surface area (Å²) in [4.78, 5) is 3.92. The van der Waals surface area contributed by atoms with Crippen LogP contribution in [0.5, 0.6) is 0 Å². The lowest BCUT2D eigenvalue weighted by molar-refractivity contribution is 0.0279. The minimum absolute atomic E-state index is 0.0221.